The second-order valence-corrected chi connectivity index (χ2v) is 4.64. The molecule has 0 aliphatic carbocycles. The maximum Gasteiger partial charge on any atom is 0.144 e. The van der Waals surface area contributed by atoms with Gasteiger partial charge in [0.1, 0.15) is 18.2 Å². The zero-order chi connectivity index (χ0) is 13.8. The fourth-order valence-electron chi connectivity index (χ4n) is 1.86. The van der Waals surface area contributed by atoms with Gasteiger partial charge in [-0.05, 0) is 43.5 Å². The first-order chi connectivity index (χ1) is 9.10. The van der Waals surface area contributed by atoms with Gasteiger partial charge in [0.25, 0.3) is 0 Å². The van der Waals surface area contributed by atoms with E-state index in [-0.39, 0.29) is 0 Å². The zero-order valence-corrected chi connectivity index (χ0v) is 11.8. The van der Waals surface area contributed by atoms with Gasteiger partial charge in [0, 0.05) is 7.05 Å². The van der Waals surface area contributed by atoms with Crippen LogP contribution in [0.15, 0.2) is 24.5 Å². The van der Waals surface area contributed by atoms with Gasteiger partial charge >= 0.3 is 0 Å². The van der Waals surface area contributed by atoms with Gasteiger partial charge < -0.3 is 10.1 Å². The maximum atomic E-state index is 5.84. The Morgan fingerprint density at radius 3 is 2.53 bits per heavy atom. The van der Waals surface area contributed by atoms with Crippen LogP contribution in [0, 0.1) is 20.8 Å². The minimum absolute atomic E-state index is 0.431. The second kappa shape index (κ2) is 5.69. The van der Waals surface area contributed by atoms with Crippen molar-refractivity contribution in [2.75, 3.05) is 12.4 Å². The van der Waals surface area contributed by atoms with E-state index in [2.05, 4.69) is 48.2 Å². The third-order valence-electron chi connectivity index (χ3n) is 3.10. The molecule has 1 heterocycles. The summed E-state index contributed by atoms with van der Waals surface area (Å²) in [4.78, 5) is 8.50. The van der Waals surface area contributed by atoms with E-state index in [4.69, 9.17) is 4.74 Å². The molecule has 4 nitrogen and oxygen atoms in total. The number of hydrogen-bond acceptors (Lipinski definition) is 4. The summed E-state index contributed by atoms with van der Waals surface area (Å²) in [6, 6.07) is 4.21. The lowest BCUT2D eigenvalue weighted by atomic mass is 10.1. The van der Waals surface area contributed by atoms with Crippen LogP contribution < -0.4 is 10.1 Å². The lowest BCUT2D eigenvalue weighted by molar-refractivity contribution is 0.298. The SMILES string of the molecule is CNc1cnc(COc2cc(C)cc(C)c2C)cn1. The highest BCUT2D eigenvalue weighted by Gasteiger charge is 2.05. The molecule has 2 aromatic rings. The van der Waals surface area contributed by atoms with Crippen LogP contribution in [0.4, 0.5) is 5.82 Å². The van der Waals surface area contributed by atoms with Crippen molar-refractivity contribution in [3.63, 3.8) is 0 Å². The van der Waals surface area contributed by atoms with Crippen molar-refractivity contribution in [3.05, 3.63) is 46.9 Å². The summed E-state index contributed by atoms with van der Waals surface area (Å²) in [5.41, 5.74) is 4.43. The lowest BCUT2D eigenvalue weighted by Gasteiger charge is -2.12. The summed E-state index contributed by atoms with van der Waals surface area (Å²) in [6.07, 6.45) is 3.43. The van der Waals surface area contributed by atoms with Gasteiger partial charge in [-0.1, -0.05) is 6.07 Å². The summed E-state index contributed by atoms with van der Waals surface area (Å²) in [5.74, 6) is 1.67. The van der Waals surface area contributed by atoms with Gasteiger partial charge in [-0.15, -0.1) is 0 Å². The Morgan fingerprint density at radius 1 is 1.11 bits per heavy atom. The van der Waals surface area contributed by atoms with Crippen LogP contribution in [0.2, 0.25) is 0 Å². The smallest absolute Gasteiger partial charge is 0.144 e. The molecule has 0 atom stereocenters. The molecule has 1 aromatic heterocycles. The molecule has 0 saturated heterocycles. The van der Waals surface area contributed by atoms with Crippen LogP contribution >= 0.6 is 0 Å². The van der Waals surface area contributed by atoms with Gasteiger partial charge in [0.2, 0.25) is 0 Å². The predicted octanol–water partition coefficient (Wildman–Crippen LogP) is 3.02. The van der Waals surface area contributed by atoms with E-state index in [1.54, 1.807) is 12.4 Å². The van der Waals surface area contributed by atoms with Crippen LogP contribution in [0.5, 0.6) is 5.75 Å². The van der Waals surface area contributed by atoms with E-state index in [1.165, 1.54) is 16.7 Å². The van der Waals surface area contributed by atoms with E-state index in [9.17, 15) is 0 Å². The van der Waals surface area contributed by atoms with Crippen LogP contribution in [-0.2, 0) is 6.61 Å². The molecule has 0 unspecified atom stereocenters. The molecule has 1 N–H and O–H groups in total. The van der Waals surface area contributed by atoms with Crippen molar-refractivity contribution in [2.24, 2.45) is 0 Å². The van der Waals surface area contributed by atoms with Crippen LogP contribution in [0.3, 0.4) is 0 Å². The maximum absolute atomic E-state index is 5.84. The molecular weight excluding hydrogens is 238 g/mol. The van der Waals surface area contributed by atoms with Gasteiger partial charge in [-0.25, -0.2) is 4.98 Å². The minimum atomic E-state index is 0.431. The predicted molar refractivity (Wildman–Crippen MR) is 76.6 cm³/mol. The van der Waals surface area contributed by atoms with E-state index in [0.29, 0.717) is 6.61 Å². The molecule has 0 spiro atoms. The van der Waals surface area contributed by atoms with Crippen molar-refractivity contribution in [1.82, 2.24) is 9.97 Å². The molecule has 0 radical (unpaired) electrons. The standard InChI is InChI=1S/C15H19N3O/c1-10-5-11(2)12(3)14(6-10)19-9-13-7-18-15(16-4)8-17-13/h5-8H,9H2,1-4H3,(H,16,18). The number of hydrogen-bond donors (Lipinski definition) is 1. The van der Waals surface area contributed by atoms with Crippen molar-refractivity contribution >= 4 is 5.82 Å². The highest BCUT2D eigenvalue weighted by Crippen LogP contribution is 2.23. The fourth-order valence-corrected chi connectivity index (χ4v) is 1.86. The molecule has 100 valence electrons. The molecule has 1 aromatic carbocycles. The molecule has 0 aliphatic rings. The zero-order valence-electron chi connectivity index (χ0n) is 11.8. The van der Waals surface area contributed by atoms with Gasteiger partial charge in [0.05, 0.1) is 18.1 Å². The van der Waals surface area contributed by atoms with Crippen LogP contribution in [-0.4, -0.2) is 17.0 Å². The monoisotopic (exact) mass is 257 g/mol. The molecule has 2 rings (SSSR count). The summed E-state index contributed by atoms with van der Waals surface area (Å²) >= 11 is 0. The average Bonchev–Trinajstić information content (AvgIpc) is 2.41. The first-order valence-corrected chi connectivity index (χ1v) is 6.29. The first kappa shape index (κ1) is 13.3. The Kier molecular flexibility index (Phi) is 4.00. The summed E-state index contributed by atoms with van der Waals surface area (Å²) in [6.45, 7) is 6.66. The largest absolute Gasteiger partial charge is 0.487 e. The van der Waals surface area contributed by atoms with Crippen molar-refractivity contribution in [1.29, 1.82) is 0 Å². The number of rotatable bonds is 4. The Morgan fingerprint density at radius 2 is 1.89 bits per heavy atom. The molecule has 0 fully saturated rings. The Balaban J connectivity index is 2.09. The highest BCUT2D eigenvalue weighted by molar-refractivity contribution is 5.42. The Bertz CT molecular complexity index is 564. The molecule has 19 heavy (non-hydrogen) atoms. The highest BCUT2D eigenvalue weighted by atomic mass is 16.5. The molecule has 0 aliphatic heterocycles. The summed E-state index contributed by atoms with van der Waals surface area (Å²) in [7, 11) is 1.82. The Hall–Kier alpha value is -2.10. The third-order valence-corrected chi connectivity index (χ3v) is 3.10. The lowest BCUT2D eigenvalue weighted by Crippen LogP contribution is -2.02. The number of anilines is 1. The van der Waals surface area contributed by atoms with E-state index in [1.807, 2.05) is 7.05 Å². The number of aryl methyl sites for hydroxylation is 2. The van der Waals surface area contributed by atoms with E-state index >= 15 is 0 Å². The van der Waals surface area contributed by atoms with E-state index in [0.717, 1.165) is 17.3 Å². The minimum Gasteiger partial charge on any atom is -0.487 e. The fraction of sp³-hybridized carbons (Fsp3) is 0.333. The van der Waals surface area contributed by atoms with Crippen molar-refractivity contribution in [2.45, 2.75) is 27.4 Å². The molecule has 4 heteroatoms. The van der Waals surface area contributed by atoms with Gasteiger partial charge in [0.15, 0.2) is 0 Å². The quantitative estimate of drug-likeness (QED) is 0.914. The normalized spacial score (nSPS) is 10.3. The summed E-state index contributed by atoms with van der Waals surface area (Å²) in [5, 5.41) is 2.94. The van der Waals surface area contributed by atoms with Crippen LogP contribution in [0.25, 0.3) is 0 Å². The number of benzene rings is 1. The van der Waals surface area contributed by atoms with Crippen molar-refractivity contribution in [3.8, 4) is 5.75 Å². The number of aromatic nitrogens is 2. The first-order valence-electron chi connectivity index (χ1n) is 6.29. The average molecular weight is 257 g/mol. The summed E-state index contributed by atoms with van der Waals surface area (Å²) < 4.78 is 5.84. The number of nitrogens with zero attached hydrogens (tertiary/aromatic N) is 2. The van der Waals surface area contributed by atoms with Gasteiger partial charge in [-0.2, -0.15) is 0 Å². The topological polar surface area (TPSA) is 47.0 Å². The second-order valence-electron chi connectivity index (χ2n) is 4.64. The number of ether oxygens (including phenoxy) is 1. The molecule has 0 bridgehead atoms. The van der Waals surface area contributed by atoms with E-state index < -0.39 is 0 Å². The molecular formula is C15H19N3O. The third kappa shape index (κ3) is 3.22. The Labute approximate surface area is 113 Å². The number of nitrogens with one attached hydrogen (secondary N) is 1. The van der Waals surface area contributed by atoms with Crippen LogP contribution in [0.1, 0.15) is 22.4 Å². The van der Waals surface area contributed by atoms with Gasteiger partial charge in [-0.3, -0.25) is 4.98 Å². The van der Waals surface area contributed by atoms with Crippen molar-refractivity contribution < 1.29 is 4.74 Å². The molecule has 0 amide bonds. The molecule has 0 saturated carbocycles.